The summed E-state index contributed by atoms with van der Waals surface area (Å²) in [5, 5.41) is 5.61. The summed E-state index contributed by atoms with van der Waals surface area (Å²) in [5.74, 6) is -0.247. The van der Waals surface area contributed by atoms with E-state index in [0.29, 0.717) is 11.9 Å². The van der Waals surface area contributed by atoms with Gasteiger partial charge in [-0.05, 0) is 36.8 Å². The van der Waals surface area contributed by atoms with Crippen molar-refractivity contribution in [2.24, 2.45) is 13.0 Å². The average molecular weight is 425 g/mol. The van der Waals surface area contributed by atoms with Gasteiger partial charge in [-0.3, -0.25) is 28.8 Å². The fourth-order valence-corrected chi connectivity index (χ4v) is 5.24. The zero-order valence-corrected chi connectivity index (χ0v) is 17.6. The van der Waals surface area contributed by atoms with Crippen LogP contribution in [0.3, 0.4) is 0 Å². The highest BCUT2D eigenvalue weighted by Crippen LogP contribution is 2.44. The van der Waals surface area contributed by atoms with Gasteiger partial charge in [-0.25, -0.2) is 4.79 Å². The minimum atomic E-state index is -0.687. The van der Waals surface area contributed by atoms with Crippen molar-refractivity contribution < 1.29 is 14.4 Å². The molecule has 2 N–H and O–H groups in total. The number of piperazine rings is 1. The predicted octanol–water partition coefficient (Wildman–Crippen LogP) is 0.243. The van der Waals surface area contributed by atoms with Crippen molar-refractivity contribution in [1.29, 1.82) is 0 Å². The van der Waals surface area contributed by atoms with Crippen molar-refractivity contribution in [2.45, 2.75) is 37.6 Å². The third kappa shape index (κ3) is 3.27. The molecule has 2 aromatic rings. The second kappa shape index (κ2) is 7.64. The number of nitrogens with one attached hydrogen (secondary N) is 2. The fourth-order valence-electron chi connectivity index (χ4n) is 5.24. The smallest absolute Gasteiger partial charge is 0.329 e. The Morgan fingerprint density at radius 3 is 2.55 bits per heavy atom. The zero-order chi connectivity index (χ0) is 21.7. The number of aromatic nitrogens is 2. The molecule has 1 atom stereocenters. The van der Waals surface area contributed by atoms with Crippen molar-refractivity contribution >= 4 is 28.8 Å². The van der Waals surface area contributed by atoms with Crippen molar-refractivity contribution in [3.8, 4) is 0 Å². The molecule has 2 aliphatic heterocycles. The van der Waals surface area contributed by atoms with Gasteiger partial charge in [0.15, 0.2) is 0 Å². The number of aryl methyl sites for hydroxylation is 1. The number of imide groups is 1. The number of carbonyl (C=O) groups is 3. The SMILES string of the molecule is Cn1c(=O)n(C2CCC(=O)NC2=O)c2cccc([C@H]3C[C@H](C(=O)N4CCNCC4)C3)c21. The van der Waals surface area contributed by atoms with Crippen LogP contribution in [0.5, 0.6) is 0 Å². The van der Waals surface area contributed by atoms with Gasteiger partial charge in [0.2, 0.25) is 17.7 Å². The van der Waals surface area contributed by atoms with E-state index in [1.54, 1.807) is 11.6 Å². The van der Waals surface area contributed by atoms with Gasteiger partial charge in [0.1, 0.15) is 6.04 Å². The van der Waals surface area contributed by atoms with Crippen molar-refractivity contribution in [1.82, 2.24) is 24.7 Å². The number of imidazole rings is 1. The first-order chi connectivity index (χ1) is 15.0. The van der Waals surface area contributed by atoms with Crippen LogP contribution in [0.25, 0.3) is 11.0 Å². The highest BCUT2D eigenvalue weighted by Gasteiger charge is 2.39. The van der Waals surface area contributed by atoms with Crippen LogP contribution in [0.15, 0.2) is 23.0 Å². The molecule has 31 heavy (non-hydrogen) atoms. The Balaban J connectivity index is 1.43. The average Bonchev–Trinajstić information content (AvgIpc) is 2.99. The summed E-state index contributed by atoms with van der Waals surface area (Å²) in [4.78, 5) is 51.8. The summed E-state index contributed by atoms with van der Waals surface area (Å²) in [6, 6.07) is 5.09. The van der Waals surface area contributed by atoms with E-state index in [2.05, 4.69) is 10.6 Å². The molecule has 0 radical (unpaired) electrons. The summed E-state index contributed by atoms with van der Waals surface area (Å²) in [6.07, 6.45) is 2.09. The number of hydrogen-bond acceptors (Lipinski definition) is 5. The largest absolute Gasteiger partial charge is 0.340 e. The monoisotopic (exact) mass is 425 g/mol. The minimum absolute atomic E-state index is 0.0348. The number of amides is 3. The first-order valence-electron chi connectivity index (χ1n) is 11.0. The summed E-state index contributed by atoms with van der Waals surface area (Å²) >= 11 is 0. The van der Waals surface area contributed by atoms with Gasteiger partial charge in [0.05, 0.1) is 11.0 Å². The van der Waals surface area contributed by atoms with Gasteiger partial charge in [-0.2, -0.15) is 0 Å². The van der Waals surface area contributed by atoms with Gasteiger partial charge < -0.3 is 10.2 Å². The standard InChI is InChI=1S/C22H27N5O4/c1-25-19-15(13-11-14(12-13)21(30)26-9-7-23-8-10-26)3-2-4-16(19)27(22(25)31)17-5-6-18(28)24-20(17)29/h2-4,13-14,17,23H,5-12H2,1H3,(H,24,28,29)/t13-,14-,17?. The quantitative estimate of drug-likeness (QED) is 0.686. The molecule has 3 heterocycles. The summed E-state index contributed by atoms with van der Waals surface area (Å²) < 4.78 is 3.11. The zero-order valence-electron chi connectivity index (χ0n) is 17.6. The van der Waals surface area contributed by atoms with E-state index in [1.807, 2.05) is 23.1 Å². The molecule has 1 saturated carbocycles. The molecule has 3 fully saturated rings. The molecule has 2 saturated heterocycles. The van der Waals surface area contributed by atoms with E-state index < -0.39 is 11.9 Å². The molecule has 3 amide bonds. The molecule has 0 bridgehead atoms. The summed E-state index contributed by atoms with van der Waals surface area (Å²) in [7, 11) is 1.72. The van der Waals surface area contributed by atoms with Crippen LogP contribution >= 0.6 is 0 Å². The lowest BCUT2D eigenvalue weighted by Crippen LogP contribution is -2.50. The molecular weight excluding hydrogens is 398 g/mol. The Labute approximate surface area is 179 Å². The van der Waals surface area contributed by atoms with Crippen LogP contribution in [0, 0.1) is 5.92 Å². The summed E-state index contributed by atoms with van der Waals surface area (Å²) in [6.45, 7) is 3.21. The Morgan fingerprint density at radius 1 is 1.10 bits per heavy atom. The van der Waals surface area contributed by atoms with Crippen molar-refractivity contribution in [2.75, 3.05) is 26.2 Å². The van der Waals surface area contributed by atoms with Gasteiger partial charge in [0, 0.05) is 45.6 Å². The van der Waals surface area contributed by atoms with Crippen LogP contribution in [0.4, 0.5) is 0 Å². The van der Waals surface area contributed by atoms with Crippen LogP contribution in [0.2, 0.25) is 0 Å². The normalized spacial score (nSPS) is 26.6. The summed E-state index contributed by atoms with van der Waals surface area (Å²) in [5.41, 5.74) is 2.31. The lowest BCUT2D eigenvalue weighted by atomic mass is 9.70. The van der Waals surface area contributed by atoms with E-state index in [1.165, 1.54) is 4.57 Å². The number of piperidine rings is 1. The minimum Gasteiger partial charge on any atom is -0.340 e. The highest BCUT2D eigenvalue weighted by atomic mass is 16.2. The van der Waals surface area contributed by atoms with Crippen LogP contribution in [-0.4, -0.2) is 57.9 Å². The lowest BCUT2D eigenvalue weighted by Gasteiger charge is -2.39. The number of fused-ring (bicyclic) bond motifs is 1. The molecule has 9 heteroatoms. The molecule has 1 aromatic carbocycles. The Bertz CT molecular complexity index is 1120. The van der Waals surface area contributed by atoms with Crippen molar-refractivity contribution in [3.05, 3.63) is 34.2 Å². The fraction of sp³-hybridized carbons (Fsp3) is 0.545. The molecule has 164 valence electrons. The van der Waals surface area contributed by atoms with Gasteiger partial charge in [0.25, 0.3) is 0 Å². The number of rotatable bonds is 3. The van der Waals surface area contributed by atoms with Crippen molar-refractivity contribution in [3.63, 3.8) is 0 Å². The molecule has 1 unspecified atom stereocenters. The number of hydrogen-bond donors (Lipinski definition) is 2. The number of para-hydroxylation sites is 1. The molecule has 1 aliphatic carbocycles. The Kier molecular flexibility index (Phi) is 4.92. The second-order valence-corrected chi connectivity index (χ2v) is 8.83. The maximum Gasteiger partial charge on any atom is 0.329 e. The van der Waals surface area contributed by atoms with Gasteiger partial charge in [-0.15, -0.1) is 0 Å². The number of carbonyl (C=O) groups excluding carboxylic acids is 3. The van der Waals surface area contributed by atoms with E-state index >= 15 is 0 Å². The van der Waals surface area contributed by atoms with E-state index in [0.717, 1.165) is 50.1 Å². The van der Waals surface area contributed by atoms with Gasteiger partial charge in [-0.1, -0.05) is 12.1 Å². The first kappa shape index (κ1) is 20.0. The van der Waals surface area contributed by atoms with E-state index in [9.17, 15) is 19.2 Å². The van der Waals surface area contributed by atoms with Gasteiger partial charge >= 0.3 is 5.69 Å². The van der Waals surface area contributed by atoms with E-state index in [4.69, 9.17) is 0 Å². The highest BCUT2D eigenvalue weighted by molar-refractivity contribution is 6.00. The van der Waals surface area contributed by atoms with Crippen LogP contribution in [0.1, 0.15) is 43.2 Å². The Hall–Kier alpha value is -2.94. The van der Waals surface area contributed by atoms with Crippen LogP contribution < -0.4 is 16.3 Å². The molecule has 5 rings (SSSR count). The molecule has 1 aromatic heterocycles. The number of nitrogens with zero attached hydrogens (tertiary/aromatic N) is 3. The predicted molar refractivity (Wildman–Crippen MR) is 114 cm³/mol. The van der Waals surface area contributed by atoms with Crippen LogP contribution in [-0.2, 0) is 21.4 Å². The molecular formula is C22H27N5O4. The lowest BCUT2D eigenvalue weighted by molar-refractivity contribution is -0.139. The molecule has 9 nitrogen and oxygen atoms in total. The maximum absolute atomic E-state index is 13.1. The second-order valence-electron chi connectivity index (χ2n) is 8.83. The van der Waals surface area contributed by atoms with E-state index in [-0.39, 0.29) is 35.8 Å². The Morgan fingerprint density at radius 2 is 1.84 bits per heavy atom. The molecule has 0 spiro atoms. The molecule has 3 aliphatic rings. The topological polar surface area (TPSA) is 105 Å². The first-order valence-corrected chi connectivity index (χ1v) is 11.0. The maximum atomic E-state index is 13.1. The number of benzene rings is 1. The third-order valence-electron chi connectivity index (χ3n) is 7.01. The third-order valence-corrected chi connectivity index (χ3v) is 7.01.